The molecule has 0 amide bonds. The van der Waals surface area contributed by atoms with Gasteiger partial charge in [0.1, 0.15) is 5.82 Å². The van der Waals surface area contributed by atoms with Gasteiger partial charge in [0.15, 0.2) is 0 Å². The Morgan fingerprint density at radius 3 is 2.74 bits per heavy atom. The molecule has 2 aromatic rings. The van der Waals surface area contributed by atoms with Gasteiger partial charge in [0.25, 0.3) is 0 Å². The Morgan fingerprint density at radius 1 is 1.22 bits per heavy atom. The average molecular weight is 315 g/mol. The Bertz CT molecular complexity index is 642. The molecule has 2 heterocycles. The van der Waals surface area contributed by atoms with Gasteiger partial charge in [0.2, 0.25) is 5.88 Å². The summed E-state index contributed by atoms with van der Waals surface area (Å²) in [5, 5.41) is 0. The molecule has 0 saturated carbocycles. The molecule has 4 nitrogen and oxygen atoms in total. The van der Waals surface area contributed by atoms with Crippen molar-refractivity contribution >= 4 is 0 Å². The molecular weight excluding hydrogens is 293 g/mol. The van der Waals surface area contributed by atoms with Gasteiger partial charge in [-0.2, -0.15) is 0 Å². The third kappa shape index (κ3) is 4.48. The Morgan fingerprint density at radius 2 is 2.00 bits per heavy atom. The fourth-order valence-corrected chi connectivity index (χ4v) is 2.94. The van der Waals surface area contributed by atoms with Gasteiger partial charge in [-0.3, -0.25) is 9.88 Å². The van der Waals surface area contributed by atoms with E-state index in [2.05, 4.69) is 14.9 Å². The second kappa shape index (κ2) is 7.51. The lowest BCUT2D eigenvalue weighted by Gasteiger charge is -2.31. The molecule has 1 aromatic carbocycles. The standard InChI is InChI=1S/C18H22FN3O/c1-14-18(21-8-7-20-14)23-13-15-5-9-22(10-6-15)12-16-3-2-4-17(19)11-16/h2-4,7-8,11,15H,5-6,9-10,12-13H2,1H3. The van der Waals surface area contributed by atoms with Crippen LogP contribution in [0.25, 0.3) is 0 Å². The molecule has 3 rings (SSSR count). The van der Waals surface area contributed by atoms with Crippen LogP contribution in [0.1, 0.15) is 24.1 Å². The molecule has 0 atom stereocenters. The molecule has 1 aromatic heterocycles. The number of hydrogen-bond acceptors (Lipinski definition) is 4. The highest BCUT2D eigenvalue weighted by molar-refractivity contribution is 5.16. The zero-order valence-corrected chi connectivity index (χ0v) is 13.4. The molecule has 0 spiro atoms. The van der Waals surface area contributed by atoms with E-state index in [1.165, 1.54) is 6.07 Å². The summed E-state index contributed by atoms with van der Waals surface area (Å²) in [6.07, 6.45) is 5.51. The lowest BCUT2D eigenvalue weighted by atomic mass is 9.97. The summed E-state index contributed by atoms with van der Waals surface area (Å²) in [6, 6.07) is 6.86. The van der Waals surface area contributed by atoms with E-state index in [9.17, 15) is 4.39 Å². The lowest BCUT2D eigenvalue weighted by Crippen LogP contribution is -2.35. The average Bonchev–Trinajstić information content (AvgIpc) is 2.56. The van der Waals surface area contributed by atoms with Crippen molar-refractivity contribution in [2.75, 3.05) is 19.7 Å². The zero-order chi connectivity index (χ0) is 16.1. The van der Waals surface area contributed by atoms with E-state index in [0.717, 1.165) is 43.7 Å². The van der Waals surface area contributed by atoms with Crippen molar-refractivity contribution in [1.82, 2.24) is 14.9 Å². The van der Waals surface area contributed by atoms with Crippen LogP contribution in [0.3, 0.4) is 0 Å². The minimum Gasteiger partial charge on any atom is -0.476 e. The Kier molecular flexibility index (Phi) is 5.18. The van der Waals surface area contributed by atoms with E-state index in [0.29, 0.717) is 18.4 Å². The smallest absolute Gasteiger partial charge is 0.235 e. The largest absolute Gasteiger partial charge is 0.476 e. The van der Waals surface area contributed by atoms with Gasteiger partial charge < -0.3 is 4.74 Å². The second-order valence-corrected chi connectivity index (χ2v) is 6.11. The maximum Gasteiger partial charge on any atom is 0.235 e. The molecule has 5 heteroatoms. The van der Waals surface area contributed by atoms with Crippen LogP contribution >= 0.6 is 0 Å². The van der Waals surface area contributed by atoms with Crippen molar-refractivity contribution in [3.05, 3.63) is 53.7 Å². The molecule has 0 radical (unpaired) electrons. The van der Waals surface area contributed by atoms with Gasteiger partial charge in [0.05, 0.1) is 12.3 Å². The molecule has 0 N–H and O–H groups in total. The molecule has 1 aliphatic heterocycles. The minimum atomic E-state index is -0.162. The first-order chi connectivity index (χ1) is 11.2. The van der Waals surface area contributed by atoms with Crippen molar-refractivity contribution in [3.63, 3.8) is 0 Å². The molecule has 1 aliphatic rings. The Labute approximate surface area is 136 Å². The normalized spacial score (nSPS) is 16.4. The number of benzene rings is 1. The first-order valence-electron chi connectivity index (χ1n) is 8.08. The van der Waals surface area contributed by atoms with Crippen LogP contribution in [0.4, 0.5) is 4.39 Å². The number of aryl methyl sites for hydroxylation is 1. The summed E-state index contributed by atoms with van der Waals surface area (Å²) in [5.74, 6) is 1.01. The SMILES string of the molecule is Cc1nccnc1OCC1CCN(Cc2cccc(F)c2)CC1. The maximum absolute atomic E-state index is 13.2. The van der Waals surface area contributed by atoms with Crippen LogP contribution in [-0.2, 0) is 6.54 Å². The van der Waals surface area contributed by atoms with Gasteiger partial charge in [-0.05, 0) is 56.5 Å². The quantitative estimate of drug-likeness (QED) is 0.849. The molecule has 0 bridgehead atoms. The van der Waals surface area contributed by atoms with Crippen LogP contribution in [0.15, 0.2) is 36.7 Å². The van der Waals surface area contributed by atoms with Gasteiger partial charge in [-0.1, -0.05) is 12.1 Å². The summed E-state index contributed by atoms with van der Waals surface area (Å²) in [5.41, 5.74) is 1.87. The first kappa shape index (κ1) is 15.9. The van der Waals surface area contributed by atoms with Gasteiger partial charge >= 0.3 is 0 Å². The van der Waals surface area contributed by atoms with E-state index in [-0.39, 0.29) is 5.82 Å². The Balaban J connectivity index is 1.44. The van der Waals surface area contributed by atoms with E-state index >= 15 is 0 Å². The first-order valence-corrected chi connectivity index (χ1v) is 8.08. The van der Waals surface area contributed by atoms with Gasteiger partial charge in [0, 0.05) is 18.9 Å². The van der Waals surface area contributed by atoms with Crippen molar-refractivity contribution in [2.45, 2.75) is 26.3 Å². The fourth-order valence-electron chi connectivity index (χ4n) is 2.94. The fraction of sp³-hybridized carbons (Fsp3) is 0.444. The van der Waals surface area contributed by atoms with E-state index in [1.807, 2.05) is 13.0 Å². The topological polar surface area (TPSA) is 38.3 Å². The highest BCUT2D eigenvalue weighted by Crippen LogP contribution is 2.21. The van der Waals surface area contributed by atoms with Crippen molar-refractivity contribution in [3.8, 4) is 5.88 Å². The van der Waals surface area contributed by atoms with E-state index < -0.39 is 0 Å². The zero-order valence-electron chi connectivity index (χ0n) is 13.4. The van der Waals surface area contributed by atoms with Crippen LogP contribution < -0.4 is 4.74 Å². The molecule has 1 saturated heterocycles. The Hall–Kier alpha value is -2.01. The lowest BCUT2D eigenvalue weighted by molar-refractivity contribution is 0.134. The van der Waals surface area contributed by atoms with Crippen molar-refractivity contribution in [2.24, 2.45) is 5.92 Å². The summed E-state index contributed by atoms with van der Waals surface area (Å²) >= 11 is 0. The number of ether oxygens (including phenoxy) is 1. The predicted molar refractivity (Wildman–Crippen MR) is 86.7 cm³/mol. The van der Waals surface area contributed by atoms with Crippen LogP contribution in [0, 0.1) is 18.7 Å². The molecule has 0 aliphatic carbocycles. The molecular formula is C18H22FN3O. The third-order valence-corrected chi connectivity index (χ3v) is 4.29. The summed E-state index contributed by atoms with van der Waals surface area (Å²) in [6.45, 7) is 5.44. The number of piperidine rings is 1. The van der Waals surface area contributed by atoms with E-state index in [1.54, 1.807) is 24.5 Å². The van der Waals surface area contributed by atoms with Crippen molar-refractivity contribution in [1.29, 1.82) is 0 Å². The number of rotatable bonds is 5. The monoisotopic (exact) mass is 315 g/mol. The number of hydrogen-bond donors (Lipinski definition) is 0. The van der Waals surface area contributed by atoms with Crippen LogP contribution in [0.2, 0.25) is 0 Å². The van der Waals surface area contributed by atoms with Crippen molar-refractivity contribution < 1.29 is 9.13 Å². The van der Waals surface area contributed by atoms with Crippen LogP contribution in [-0.4, -0.2) is 34.6 Å². The number of likely N-dealkylation sites (tertiary alicyclic amines) is 1. The number of halogens is 1. The maximum atomic E-state index is 13.2. The highest BCUT2D eigenvalue weighted by atomic mass is 19.1. The second-order valence-electron chi connectivity index (χ2n) is 6.11. The number of nitrogens with zero attached hydrogens (tertiary/aromatic N) is 3. The predicted octanol–water partition coefficient (Wildman–Crippen LogP) is 3.22. The van der Waals surface area contributed by atoms with E-state index in [4.69, 9.17) is 4.74 Å². The van der Waals surface area contributed by atoms with Gasteiger partial charge in [-0.25, -0.2) is 9.37 Å². The summed E-state index contributed by atoms with van der Waals surface area (Å²) < 4.78 is 19.0. The molecule has 1 fully saturated rings. The molecule has 23 heavy (non-hydrogen) atoms. The van der Waals surface area contributed by atoms with Crippen LogP contribution in [0.5, 0.6) is 5.88 Å². The third-order valence-electron chi connectivity index (χ3n) is 4.29. The summed E-state index contributed by atoms with van der Waals surface area (Å²) in [4.78, 5) is 10.8. The number of aromatic nitrogens is 2. The minimum absolute atomic E-state index is 0.162. The summed E-state index contributed by atoms with van der Waals surface area (Å²) in [7, 11) is 0. The van der Waals surface area contributed by atoms with Gasteiger partial charge in [-0.15, -0.1) is 0 Å². The molecule has 122 valence electrons. The highest BCUT2D eigenvalue weighted by Gasteiger charge is 2.20. The molecule has 0 unspecified atom stereocenters.